The third kappa shape index (κ3) is 8.28. The molecule has 1 unspecified atom stereocenters. The van der Waals surface area contributed by atoms with Crippen molar-refractivity contribution in [2.45, 2.75) is 45.6 Å². The van der Waals surface area contributed by atoms with Gasteiger partial charge in [0.05, 0.1) is 11.5 Å². The Balaban J connectivity index is 0.00000361. The van der Waals surface area contributed by atoms with Crippen LogP contribution in [0.15, 0.2) is 4.99 Å². The van der Waals surface area contributed by atoms with E-state index in [-0.39, 0.29) is 41.5 Å². The molecule has 0 aromatic rings. The van der Waals surface area contributed by atoms with Crippen molar-refractivity contribution in [2.75, 3.05) is 25.1 Å². The standard InChI is InChI=1S/C13H27N3O2S.HI/c1-11(2)6-4-5-8-15-13(14-3)16-12-7-9-19(17,18)10-12;/h11-12H,4-10H2,1-3H3,(H2,14,15,16);1H. The first kappa shape index (κ1) is 19.9. The van der Waals surface area contributed by atoms with Crippen molar-refractivity contribution in [1.29, 1.82) is 0 Å². The number of unbranched alkanes of at least 4 members (excludes halogenated alkanes) is 1. The molecule has 0 radical (unpaired) electrons. The Kier molecular flexibility index (Phi) is 9.78. The Bertz CT molecular complexity index is 396. The molecule has 1 heterocycles. The Hall–Kier alpha value is -0.0500. The second-order valence-electron chi connectivity index (χ2n) is 5.63. The van der Waals surface area contributed by atoms with E-state index in [2.05, 4.69) is 29.5 Å². The monoisotopic (exact) mass is 417 g/mol. The molecule has 0 amide bonds. The largest absolute Gasteiger partial charge is 0.356 e. The highest BCUT2D eigenvalue weighted by Crippen LogP contribution is 2.11. The Morgan fingerprint density at radius 2 is 2.05 bits per heavy atom. The SMILES string of the molecule is CN=C(NCCCCC(C)C)NC1CCS(=O)(=O)C1.I. The fourth-order valence-electron chi connectivity index (χ4n) is 2.18. The second kappa shape index (κ2) is 9.81. The van der Waals surface area contributed by atoms with E-state index in [0.29, 0.717) is 12.4 Å². The van der Waals surface area contributed by atoms with E-state index in [0.717, 1.165) is 18.9 Å². The smallest absolute Gasteiger partial charge is 0.191 e. The minimum absolute atomic E-state index is 0. The van der Waals surface area contributed by atoms with Crippen LogP contribution in [0.3, 0.4) is 0 Å². The van der Waals surface area contributed by atoms with Gasteiger partial charge in [-0.3, -0.25) is 4.99 Å². The van der Waals surface area contributed by atoms with Crippen LogP contribution >= 0.6 is 24.0 Å². The Morgan fingerprint density at radius 3 is 2.55 bits per heavy atom. The van der Waals surface area contributed by atoms with Crippen LogP contribution in [0, 0.1) is 5.92 Å². The first-order chi connectivity index (χ1) is 8.93. The van der Waals surface area contributed by atoms with Gasteiger partial charge in [0.25, 0.3) is 0 Å². The molecule has 1 aliphatic heterocycles. The summed E-state index contributed by atoms with van der Waals surface area (Å²) in [5.74, 6) is 1.98. The number of nitrogens with zero attached hydrogens (tertiary/aromatic N) is 1. The molecular formula is C13H28IN3O2S. The van der Waals surface area contributed by atoms with Gasteiger partial charge < -0.3 is 10.6 Å². The molecule has 0 saturated carbocycles. The van der Waals surface area contributed by atoms with Crippen LogP contribution in [0.1, 0.15) is 39.5 Å². The van der Waals surface area contributed by atoms with Crippen LogP contribution < -0.4 is 10.6 Å². The number of halogens is 1. The predicted molar refractivity (Wildman–Crippen MR) is 95.7 cm³/mol. The summed E-state index contributed by atoms with van der Waals surface area (Å²) in [6.07, 6.45) is 4.24. The third-order valence-corrected chi connectivity index (χ3v) is 5.07. The maximum absolute atomic E-state index is 11.4. The molecule has 0 bridgehead atoms. The van der Waals surface area contributed by atoms with E-state index in [4.69, 9.17) is 0 Å². The molecule has 0 aromatic carbocycles. The minimum atomic E-state index is -2.83. The predicted octanol–water partition coefficient (Wildman–Crippen LogP) is 1.78. The van der Waals surface area contributed by atoms with Crippen LogP contribution in [0.5, 0.6) is 0 Å². The van der Waals surface area contributed by atoms with Gasteiger partial charge >= 0.3 is 0 Å². The van der Waals surface area contributed by atoms with Crippen molar-refractivity contribution in [3.05, 3.63) is 0 Å². The molecule has 5 nitrogen and oxygen atoms in total. The average Bonchev–Trinajstić information content (AvgIpc) is 2.66. The number of guanidine groups is 1. The molecule has 1 rings (SSSR count). The lowest BCUT2D eigenvalue weighted by Crippen LogP contribution is -2.44. The summed E-state index contributed by atoms with van der Waals surface area (Å²) >= 11 is 0. The summed E-state index contributed by atoms with van der Waals surface area (Å²) in [4.78, 5) is 4.13. The molecule has 2 N–H and O–H groups in total. The minimum Gasteiger partial charge on any atom is -0.356 e. The normalized spacial score (nSPS) is 21.6. The van der Waals surface area contributed by atoms with Gasteiger partial charge in [-0.05, 0) is 18.8 Å². The topological polar surface area (TPSA) is 70.6 Å². The molecular weight excluding hydrogens is 389 g/mol. The van der Waals surface area contributed by atoms with Gasteiger partial charge in [-0.2, -0.15) is 0 Å². The first-order valence-corrected chi connectivity index (χ1v) is 8.92. The van der Waals surface area contributed by atoms with Gasteiger partial charge in [0.15, 0.2) is 15.8 Å². The molecule has 0 aromatic heterocycles. The van der Waals surface area contributed by atoms with Crippen molar-refractivity contribution in [3.63, 3.8) is 0 Å². The van der Waals surface area contributed by atoms with E-state index in [9.17, 15) is 8.42 Å². The number of sulfone groups is 1. The number of aliphatic imine (C=N–C) groups is 1. The van der Waals surface area contributed by atoms with Gasteiger partial charge in [-0.15, -0.1) is 24.0 Å². The summed E-state index contributed by atoms with van der Waals surface area (Å²) in [7, 11) is -1.12. The van der Waals surface area contributed by atoms with Gasteiger partial charge in [0.1, 0.15) is 0 Å². The van der Waals surface area contributed by atoms with Crippen molar-refractivity contribution in [3.8, 4) is 0 Å². The van der Waals surface area contributed by atoms with Gasteiger partial charge in [0.2, 0.25) is 0 Å². The lowest BCUT2D eigenvalue weighted by atomic mass is 10.1. The zero-order chi connectivity index (χ0) is 14.3. The summed E-state index contributed by atoms with van der Waals surface area (Å²) in [5, 5.41) is 6.42. The van der Waals surface area contributed by atoms with Crippen molar-refractivity contribution in [1.82, 2.24) is 10.6 Å². The summed E-state index contributed by atoms with van der Waals surface area (Å²) in [5.41, 5.74) is 0. The van der Waals surface area contributed by atoms with E-state index in [1.54, 1.807) is 7.05 Å². The van der Waals surface area contributed by atoms with E-state index in [1.165, 1.54) is 12.8 Å². The number of hydrogen-bond donors (Lipinski definition) is 2. The van der Waals surface area contributed by atoms with E-state index in [1.807, 2.05) is 0 Å². The summed E-state index contributed by atoms with van der Waals surface area (Å²) in [6, 6.07) is 0.00636. The lowest BCUT2D eigenvalue weighted by Gasteiger charge is -2.16. The highest BCUT2D eigenvalue weighted by molar-refractivity contribution is 14.0. The lowest BCUT2D eigenvalue weighted by molar-refractivity contribution is 0.533. The van der Waals surface area contributed by atoms with Gasteiger partial charge in [-0.1, -0.05) is 26.7 Å². The molecule has 1 fully saturated rings. The zero-order valence-electron chi connectivity index (χ0n) is 12.7. The maximum Gasteiger partial charge on any atom is 0.191 e. The highest BCUT2D eigenvalue weighted by atomic mass is 127. The molecule has 0 aliphatic carbocycles. The van der Waals surface area contributed by atoms with Crippen LogP contribution in [0.2, 0.25) is 0 Å². The van der Waals surface area contributed by atoms with Crippen LogP contribution in [-0.4, -0.2) is 45.5 Å². The van der Waals surface area contributed by atoms with Crippen molar-refractivity contribution < 1.29 is 8.42 Å². The van der Waals surface area contributed by atoms with E-state index >= 15 is 0 Å². The fraction of sp³-hybridized carbons (Fsp3) is 0.923. The van der Waals surface area contributed by atoms with Crippen molar-refractivity contribution >= 4 is 39.8 Å². The van der Waals surface area contributed by atoms with Crippen LogP contribution in [0.25, 0.3) is 0 Å². The third-order valence-electron chi connectivity index (χ3n) is 3.30. The number of hydrogen-bond acceptors (Lipinski definition) is 3. The average molecular weight is 417 g/mol. The molecule has 1 saturated heterocycles. The van der Waals surface area contributed by atoms with Crippen molar-refractivity contribution in [2.24, 2.45) is 10.9 Å². The molecule has 0 spiro atoms. The quantitative estimate of drug-likeness (QED) is 0.299. The van der Waals surface area contributed by atoms with Gasteiger partial charge in [0, 0.05) is 19.6 Å². The molecule has 20 heavy (non-hydrogen) atoms. The first-order valence-electron chi connectivity index (χ1n) is 7.10. The van der Waals surface area contributed by atoms with Crippen LogP contribution in [-0.2, 0) is 9.84 Å². The summed E-state index contributed by atoms with van der Waals surface area (Å²) in [6.45, 7) is 5.34. The zero-order valence-corrected chi connectivity index (χ0v) is 15.8. The van der Waals surface area contributed by atoms with E-state index < -0.39 is 9.84 Å². The molecule has 120 valence electrons. The number of nitrogens with one attached hydrogen (secondary N) is 2. The molecule has 1 aliphatic rings. The second-order valence-corrected chi connectivity index (χ2v) is 7.86. The maximum atomic E-state index is 11.4. The highest BCUT2D eigenvalue weighted by Gasteiger charge is 2.28. The Morgan fingerprint density at radius 1 is 1.35 bits per heavy atom. The molecule has 7 heteroatoms. The summed E-state index contributed by atoms with van der Waals surface area (Å²) < 4.78 is 22.7. The fourth-order valence-corrected chi connectivity index (χ4v) is 3.85. The van der Waals surface area contributed by atoms with Crippen LogP contribution in [0.4, 0.5) is 0 Å². The molecule has 1 atom stereocenters. The number of rotatable bonds is 6. The van der Waals surface area contributed by atoms with Gasteiger partial charge in [-0.25, -0.2) is 8.42 Å². The Labute approximate surface area is 140 Å².